The topological polar surface area (TPSA) is 85.1 Å². The van der Waals surface area contributed by atoms with E-state index in [1.807, 2.05) is 19.9 Å². The van der Waals surface area contributed by atoms with Crippen LogP contribution in [0.2, 0.25) is 0 Å². The monoisotopic (exact) mass is 375 g/mol. The Bertz CT molecular complexity index is 963. The Labute approximate surface area is 152 Å². The van der Waals surface area contributed by atoms with Gasteiger partial charge in [0.2, 0.25) is 0 Å². The normalized spacial score (nSPS) is 10.8. The van der Waals surface area contributed by atoms with E-state index in [4.69, 9.17) is 16.7 Å². The number of thiophene rings is 1. The largest absolute Gasteiger partial charge is 0.475 e. The fraction of sp³-hybridized carbons (Fsp3) is 0.176. The maximum Gasteiger partial charge on any atom is 0.375 e. The molecule has 3 rings (SSSR count). The van der Waals surface area contributed by atoms with Gasteiger partial charge in [0, 0.05) is 10.4 Å². The third kappa shape index (κ3) is 3.08. The van der Waals surface area contributed by atoms with Crippen molar-refractivity contribution < 1.29 is 14.7 Å². The molecule has 25 heavy (non-hydrogen) atoms. The van der Waals surface area contributed by atoms with E-state index in [1.165, 1.54) is 16.0 Å². The van der Waals surface area contributed by atoms with Crippen LogP contribution in [0.1, 0.15) is 42.8 Å². The van der Waals surface area contributed by atoms with Crippen LogP contribution in [-0.4, -0.2) is 31.6 Å². The minimum atomic E-state index is -1.24. The van der Waals surface area contributed by atoms with Crippen molar-refractivity contribution in [1.82, 2.24) is 14.8 Å². The Morgan fingerprint density at radius 2 is 1.92 bits per heavy atom. The first kappa shape index (κ1) is 17.3. The molecule has 3 aromatic rings. The summed E-state index contributed by atoms with van der Waals surface area (Å²) in [4.78, 5) is 29.1. The minimum Gasteiger partial charge on any atom is -0.475 e. The van der Waals surface area contributed by atoms with E-state index in [-0.39, 0.29) is 23.3 Å². The molecule has 0 fully saturated rings. The summed E-state index contributed by atoms with van der Waals surface area (Å²) >= 11 is 7.26. The van der Waals surface area contributed by atoms with Crippen LogP contribution in [0, 0.1) is 13.8 Å². The fourth-order valence-corrected chi connectivity index (χ4v) is 3.74. The van der Waals surface area contributed by atoms with Gasteiger partial charge in [-0.2, -0.15) is 0 Å². The molecule has 6 nitrogen and oxygen atoms in total. The average molecular weight is 376 g/mol. The van der Waals surface area contributed by atoms with Crippen molar-refractivity contribution in [2.45, 2.75) is 19.7 Å². The van der Waals surface area contributed by atoms with E-state index in [2.05, 4.69) is 10.1 Å². The molecular weight excluding hydrogens is 362 g/mol. The highest BCUT2D eigenvalue weighted by Gasteiger charge is 2.25. The van der Waals surface area contributed by atoms with Gasteiger partial charge in [-0.15, -0.1) is 28.0 Å². The molecule has 0 saturated heterocycles. The Morgan fingerprint density at radius 1 is 1.24 bits per heavy atom. The predicted molar refractivity (Wildman–Crippen MR) is 95.1 cm³/mol. The number of carboxylic acid groups (broad SMARTS) is 1. The molecule has 0 unspecified atom stereocenters. The van der Waals surface area contributed by atoms with Crippen LogP contribution < -0.4 is 0 Å². The van der Waals surface area contributed by atoms with Crippen molar-refractivity contribution in [3.63, 3.8) is 0 Å². The van der Waals surface area contributed by atoms with E-state index in [9.17, 15) is 9.59 Å². The summed E-state index contributed by atoms with van der Waals surface area (Å²) in [6.07, 6.45) is 0. The molecule has 2 heterocycles. The Morgan fingerprint density at radius 3 is 2.52 bits per heavy atom. The highest BCUT2D eigenvalue weighted by molar-refractivity contribution is 7.15. The number of benzene rings is 1. The number of carboxylic acids is 1. The zero-order valence-corrected chi connectivity index (χ0v) is 15.1. The van der Waals surface area contributed by atoms with Crippen molar-refractivity contribution in [2.24, 2.45) is 0 Å². The van der Waals surface area contributed by atoms with Gasteiger partial charge in [0.15, 0.2) is 5.78 Å². The molecule has 0 aliphatic rings. The molecule has 0 bridgehead atoms. The lowest BCUT2D eigenvalue weighted by Crippen LogP contribution is -2.09. The summed E-state index contributed by atoms with van der Waals surface area (Å²) < 4.78 is 1.36. The lowest BCUT2D eigenvalue weighted by molar-refractivity contribution is 0.0683. The van der Waals surface area contributed by atoms with Gasteiger partial charge in [-0.25, -0.2) is 14.5 Å². The summed E-state index contributed by atoms with van der Waals surface area (Å²) in [5, 5.41) is 13.7. The molecule has 1 aromatic carbocycles. The number of rotatable bonds is 5. The minimum absolute atomic E-state index is 0.0186. The van der Waals surface area contributed by atoms with E-state index < -0.39 is 5.97 Å². The van der Waals surface area contributed by atoms with E-state index in [0.717, 1.165) is 10.4 Å². The highest BCUT2D eigenvalue weighted by atomic mass is 35.5. The third-order valence-corrected chi connectivity index (χ3v) is 5.23. The van der Waals surface area contributed by atoms with Crippen molar-refractivity contribution in [1.29, 1.82) is 0 Å². The second-order valence-electron chi connectivity index (χ2n) is 5.36. The Kier molecular flexibility index (Phi) is 4.69. The predicted octanol–water partition coefficient (Wildman–Crippen LogP) is 3.61. The molecule has 0 amide bonds. The van der Waals surface area contributed by atoms with Gasteiger partial charge in [0.05, 0.1) is 11.4 Å². The van der Waals surface area contributed by atoms with Crippen LogP contribution in [-0.2, 0) is 5.88 Å². The molecule has 8 heteroatoms. The number of nitrogens with zero attached hydrogens (tertiary/aromatic N) is 3. The number of carbonyl (C=O) groups is 2. The summed E-state index contributed by atoms with van der Waals surface area (Å²) in [5.74, 6) is -1.48. The van der Waals surface area contributed by atoms with Crippen molar-refractivity contribution in [2.75, 3.05) is 0 Å². The number of aromatic carboxylic acids is 1. The van der Waals surface area contributed by atoms with Gasteiger partial charge < -0.3 is 5.11 Å². The number of aromatic nitrogens is 3. The number of halogens is 1. The second-order valence-corrected chi connectivity index (χ2v) is 6.83. The lowest BCUT2D eigenvalue weighted by atomic mass is 10.0. The molecular formula is C17H14ClN3O3S. The van der Waals surface area contributed by atoms with Gasteiger partial charge in [-0.3, -0.25) is 4.79 Å². The van der Waals surface area contributed by atoms with Gasteiger partial charge in [-0.1, -0.05) is 30.3 Å². The maximum absolute atomic E-state index is 13.0. The molecule has 0 atom stereocenters. The lowest BCUT2D eigenvalue weighted by Gasteiger charge is -2.06. The number of carbonyl (C=O) groups excluding carboxylic acids is 1. The van der Waals surface area contributed by atoms with Crippen LogP contribution in [0.5, 0.6) is 0 Å². The van der Waals surface area contributed by atoms with E-state index in [1.54, 1.807) is 24.3 Å². The molecule has 0 spiro atoms. The summed E-state index contributed by atoms with van der Waals surface area (Å²) in [7, 11) is 0. The molecule has 0 aliphatic heterocycles. The van der Waals surface area contributed by atoms with Crippen molar-refractivity contribution >= 4 is 34.7 Å². The van der Waals surface area contributed by atoms with Crippen LogP contribution in [0.15, 0.2) is 30.3 Å². The molecule has 2 aromatic heterocycles. The van der Waals surface area contributed by atoms with Gasteiger partial charge in [0.25, 0.3) is 5.82 Å². The number of hydrogen-bond donors (Lipinski definition) is 1. The first-order chi connectivity index (χ1) is 11.9. The molecule has 0 radical (unpaired) electrons. The number of aryl methyl sites for hydroxylation is 1. The SMILES string of the molecule is Cc1sc(-n2nc(C(=O)O)nc2CCl)c(C(=O)c2ccccc2)c1C. The Hall–Kier alpha value is -2.51. The van der Waals surface area contributed by atoms with Crippen molar-refractivity contribution in [3.05, 3.63) is 63.5 Å². The van der Waals surface area contributed by atoms with Crippen LogP contribution >= 0.6 is 22.9 Å². The molecule has 0 saturated carbocycles. The van der Waals surface area contributed by atoms with E-state index >= 15 is 0 Å². The number of hydrogen-bond acceptors (Lipinski definition) is 5. The van der Waals surface area contributed by atoms with Crippen LogP contribution in [0.4, 0.5) is 0 Å². The standard InChI is InChI=1S/C17H14ClN3O3S/c1-9-10(2)25-16(13(9)14(22)11-6-4-3-5-7-11)21-12(8-18)19-15(20-21)17(23)24/h3-7H,8H2,1-2H3,(H,23,24). The van der Waals surface area contributed by atoms with Crippen molar-refractivity contribution in [3.8, 4) is 5.00 Å². The van der Waals surface area contributed by atoms with Gasteiger partial charge in [-0.05, 0) is 19.4 Å². The highest BCUT2D eigenvalue weighted by Crippen LogP contribution is 2.33. The summed E-state index contributed by atoms with van der Waals surface area (Å²) in [6.45, 7) is 3.77. The number of alkyl halides is 1. The number of ketones is 1. The average Bonchev–Trinajstić information content (AvgIpc) is 3.17. The summed E-state index contributed by atoms with van der Waals surface area (Å²) in [5.41, 5.74) is 1.87. The second kappa shape index (κ2) is 6.78. The quantitative estimate of drug-likeness (QED) is 0.543. The third-order valence-electron chi connectivity index (χ3n) is 3.81. The van der Waals surface area contributed by atoms with E-state index in [0.29, 0.717) is 16.1 Å². The first-order valence-corrected chi connectivity index (χ1v) is 8.74. The maximum atomic E-state index is 13.0. The summed E-state index contributed by atoms with van der Waals surface area (Å²) in [6, 6.07) is 8.91. The zero-order chi connectivity index (χ0) is 18.1. The fourth-order valence-electron chi connectivity index (χ4n) is 2.44. The van der Waals surface area contributed by atoms with Gasteiger partial charge >= 0.3 is 5.97 Å². The Balaban J connectivity index is 2.21. The molecule has 0 aliphatic carbocycles. The molecule has 128 valence electrons. The first-order valence-electron chi connectivity index (χ1n) is 7.39. The smallest absolute Gasteiger partial charge is 0.375 e. The van der Waals surface area contributed by atoms with Crippen LogP contribution in [0.25, 0.3) is 5.00 Å². The van der Waals surface area contributed by atoms with Crippen LogP contribution in [0.3, 0.4) is 0 Å². The zero-order valence-electron chi connectivity index (χ0n) is 13.5. The van der Waals surface area contributed by atoms with Gasteiger partial charge in [0.1, 0.15) is 10.8 Å². The molecule has 1 N–H and O–H groups in total.